The Balaban J connectivity index is 1.75. The Morgan fingerprint density at radius 1 is 1.00 bits per heavy atom. The number of hydrogen-bond donors (Lipinski definition) is 1. The minimum absolute atomic E-state index is 0.0856. The highest BCUT2D eigenvalue weighted by Gasteiger charge is 2.26. The lowest BCUT2D eigenvalue weighted by atomic mass is 10.00. The fraction of sp³-hybridized carbons (Fsp3) is 0.364. The van der Waals surface area contributed by atoms with E-state index in [4.69, 9.17) is 4.74 Å². The van der Waals surface area contributed by atoms with E-state index in [-0.39, 0.29) is 18.0 Å². The van der Waals surface area contributed by atoms with Gasteiger partial charge in [0.15, 0.2) is 0 Å². The first-order chi connectivity index (χ1) is 13.1. The number of esters is 1. The number of aryl methyl sites for hydroxylation is 1. The lowest BCUT2D eigenvalue weighted by Gasteiger charge is -2.30. The van der Waals surface area contributed by atoms with E-state index in [1.165, 1.54) is 18.2 Å². The molecule has 3 rings (SSSR count). The summed E-state index contributed by atoms with van der Waals surface area (Å²) in [6.45, 7) is 2.81. The van der Waals surface area contributed by atoms with Crippen LogP contribution in [0.3, 0.4) is 0 Å². The number of anilines is 1. The number of rotatable bonds is 3. The number of carbonyl (C=O) groups excluding carboxylic acids is 2. The molecule has 5 heteroatoms. The third-order valence-corrected chi connectivity index (χ3v) is 5.03. The van der Waals surface area contributed by atoms with E-state index in [1.54, 1.807) is 24.3 Å². The van der Waals surface area contributed by atoms with Crippen molar-refractivity contribution < 1.29 is 14.3 Å². The summed E-state index contributed by atoms with van der Waals surface area (Å²) in [5.74, 6) is -0.389. The summed E-state index contributed by atoms with van der Waals surface area (Å²) < 4.78 is 4.70. The number of benzene rings is 2. The van der Waals surface area contributed by atoms with Gasteiger partial charge in [-0.25, -0.2) is 9.59 Å². The average molecular weight is 366 g/mol. The molecule has 5 nitrogen and oxygen atoms in total. The molecule has 1 saturated heterocycles. The fourth-order valence-corrected chi connectivity index (χ4v) is 3.49. The maximum atomic E-state index is 13.0. The maximum absolute atomic E-state index is 13.0. The van der Waals surface area contributed by atoms with Crippen molar-refractivity contribution in [3.05, 3.63) is 65.2 Å². The van der Waals surface area contributed by atoms with E-state index in [1.807, 2.05) is 4.90 Å². The molecule has 1 atom stereocenters. The lowest BCUT2D eigenvalue weighted by Crippen LogP contribution is -2.38. The van der Waals surface area contributed by atoms with E-state index in [0.717, 1.165) is 32.2 Å². The number of nitrogens with zero attached hydrogens (tertiary/aromatic N) is 1. The van der Waals surface area contributed by atoms with Gasteiger partial charge in [0.2, 0.25) is 0 Å². The Morgan fingerprint density at radius 2 is 1.70 bits per heavy atom. The molecule has 1 aliphatic heterocycles. The van der Waals surface area contributed by atoms with E-state index >= 15 is 0 Å². The van der Waals surface area contributed by atoms with Gasteiger partial charge in [0.25, 0.3) is 0 Å². The first kappa shape index (κ1) is 19.0. The molecule has 0 aliphatic carbocycles. The largest absolute Gasteiger partial charge is 0.465 e. The predicted octanol–water partition coefficient (Wildman–Crippen LogP) is 4.93. The molecule has 0 aromatic heterocycles. The van der Waals surface area contributed by atoms with Crippen molar-refractivity contribution in [1.29, 1.82) is 0 Å². The lowest BCUT2D eigenvalue weighted by molar-refractivity contribution is 0.0600. The summed E-state index contributed by atoms with van der Waals surface area (Å²) in [4.78, 5) is 26.4. The smallest absolute Gasteiger partial charge is 0.337 e. The number of hydrogen-bond acceptors (Lipinski definition) is 3. The molecular weight excluding hydrogens is 340 g/mol. The Kier molecular flexibility index (Phi) is 6.12. The Hall–Kier alpha value is -2.82. The first-order valence-electron chi connectivity index (χ1n) is 9.41. The Bertz CT molecular complexity index is 784. The van der Waals surface area contributed by atoms with Gasteiger partial charge in [0, 0.05) is 12.2 Å². The molecule has 2 amide bonds. The van der Waals surface area contributed by atoms with Crippen molar-refractivity contribution in [3.63, 3.8) is 0 Å². The molecule has 0 bridgehead atoms. The van der Waals surface area contributed by atoms with Gasteiger partial charge in [-0.1, -0.05) is 42.7 Å². The SMILES string of the molecule is COC(=O)c1ccc(NC(=O)N2CCCCC[C@@H]2c2ccc(C)cc2)cc1. The molecule has 0 unspecified atom stereocenters. The van der Waals surface area contributed by atoms with Crippen LogP contribution in [-0.2, 0) is 4.74 Å². The van der Waals surface area contributed by atoms with Gasteiger partial charge in [-0.2, -0.15) is 0 Å². The number of amides is 2. The summed E-state index contributed by atoms with van der Waals surface area (Å²) in [5.41, 5.74) is 3.52. The van der Waals surface area contributed by atoms with Crippen molar-refractivity contribution in [2.75, 3.05) is 19.0 Å². The van der Waals surface area contributed by atoms with Crippen LogP contribution >= 0.6 is 0 Å². The van der Waals surface area contributed by atoms with E-state index < -0.39 is 0 Å². The second-order valence-corrected chi connectivity index (χ2v) is 6.97. The molecule has 142 valence electrons. The topological polar surface area (TPSA) is 58.6 Å². The zero-order valence-electron chi connectivity index (χ0n) is 15.9. The van der Waals surface area contributed by atoms with Crippen LogP contribution in [0.1, 0.15) is 53.2 Å². The zero-order chi connectivity index (χ0) is 19.2. The number of urea groups is 1. The number of nitrogens with one attached hydrogen (secondary N) is 1. The Labute approximate surface area is 160 Å². The van der Waals surface area contributed by atoms with Gasteiger partial charge in [-0.15, -0.1) is 0 Å². The molecule has 27 heavy (non-hydrogen) atoms. The minimum atomic E-state index is -0.389. The maximum Gasteiger partial charge on any atom is 0.337 e. The fourth-order valence-electron chi connectivity index (χ4n) is 3.49. The van der Waals surface area contributed by atoms with Crippen LogP contribution in [0, 0.1) is 6.92 Å². The van der Waals surface area contributed by atoms with Crippen molar-refractivity contribution in [2.45, 2.75) is 38.6 Å². The molecule has 1 aliphatic rings. The van der Waals surface area contributed by atoms with E-state index in [0.29, 0.717) is 11.3 Å². The monoisotopic (exact) mass is 366 g/mol. The molecule has 2 aromatic rings. The molecule has 1 N–H and O–H groups in total. The van der Waals surface area contributed by atoms with Crippen LogP contribution in [0.25, 0.3) is 0 Å². The highest BCUT2D eigenvalue weighted by atomic mass is 16.5. The predicted molar refractivity (Wildman–Crippen MR) is 106 cm³/mol. The molecular formula is C22H26N2O3. The third kappa shape index (κ3) is 4.67. The second-order valence-electron chi connectivity index (χ2n) is 6.97. The molecule has 0 saturated carbocycles. The van der Waals surface area contributed by atoms with E-state index in [2.05, 4.69) is 36.5 Å². The van der Waals surface area contributed by atoms with Crippen molar-refractivity contribution in [1.82, 2.24) is 4.90 Å². The molecule has 1 heterocycles. The number of carbonyl (C=O) groups is 2. The van der Waals surface area contributed by atoms with Gasteiger partial charge in [0.05, 0.1) is 18.7 Å². The normalized spacial score (nSPS) is 17.1. The summed E-state index contributed by atoms with van der Waals surface area (Å²) in [5, 5.41) is 2.97. The summed E-state index contributed by atoms with van der Waals surface area (Å²) in [7, 11) is 1.35. The average Bonchev–Trinajstić information content (AvgIpc) is 2.95. The quantitative estimate of drug-likeness (QED) is 0.784. The number of ether oxygens (including phenoxy) is 1. The standard InChI is InChI=1S/C22H26N2O3/c1-16-7-9-17(10-8-16)20-6-4-3-5-15-24(20)22(26)23-19-13-11-18(12-14-19)21(25)27-2/h7-14,20H,3-6,15H2,1-2H3,(H,23,26)/t20-/m1/s1. The van der Waals surface area contributed by atoms with Gasteiger partial charge < -0.3 is 15.0 Å². The molecule has 0 spiro atoms. The van der Waals surface area contributed by atoms with Crippen LogP contribution in [0.2, 0.25) is 0 Å². The van der Waals surface area contributed by atoms with Crippen LogP contribution in [-0.4, -0.2) is 30.6 Å². The molecule has 1 fully saturated rings. The summed E-state index contributed by atoms with van der Waals surface area (Å²) >= 11 is 0. The number of methoxy groups -OCH3 is 1. The third-order valence-electron chi connectivity index (χ3n) is 5.03. The van der Waals surface area contributed by atoms with Crippen molar-refractivity contribution in [2.24, 2.45) is 0 Å². The van der Waals surface area contributed by atoms with Gasteiger partial charge >= 0.3 is 12.0 Å². The molecule has 0 radical (unpaired) electrons. The van der Waals surface area contributed by atoms with Gasteiger partial charge in [-0.3, -0.25) is 0 Å². The summed E-state index contributed by atoms with van der Waals surface area (Å²) in [6, 6.07) is 15.2. The van der Waals surface area contributed by atoms with Crippen molar-refractivity contribution in [3.8, 4) is 0 Å². The van der Waals surface area contributed by atoms with Crippen LogP contribution in [0.5, 0.6) is 0 Å². The van der Waals surface area contributed by atoms with Gasteiger partial charge in [0.1, 0.15) is 0 Å². The van der Waals surface area contributed by atoms with Crippen LogP contribution in [0.15, 0.2) is 48.5 Å². The number of likely N-dealkylation sites (tertiary alicyclic amines) is 1. The highest BCUT2D eigenvalue weighted by Crippen LogP contribution is 2.31. The highest BCUT2D eigenvalue weighted by molar-refractivity contribution is 5.92. The minimum Gasteiger partial charge on any atom is -0.465 e. The van der Waals surface area contributed by atoms with Crippen LogP contribution < -0.4 is 5.32 Å². The second kappa shape index (κ2) is 8.71. The van der Waals surface area contributed by atoms with Crippen LogP contribution in [0.4, 0.5) is 10.5 Å². The van der Waals surface area contributed by atoms with Crippen molar-refractivity contribution >= 4 is 17.7 Å². The van der Waals surface area contributed by atoms with E-state index in [9.17, 15) is 9.59 Å². The first-order valence-corrected chi connectivity index (χ1v) is 9.41. The summed E-state index contributed by atoms with van der Waals surface area (Å²) in [6.07, 6.45) is 4.24. The molecule has 2 aromatic carbocycles. The Morgan fingerprint density at radius 3 is 2.37 bits per heavy atom. The zero-order valence-corrected chi connectivity index (χ0v) is 15.9. The van der Waals surface area contributed by atoms with Gasteiger partial charge in [-0.05, 0) is 49.6 Å².